The average Bonchev–Trinajstić information content (AvgIpc) is 2.16. The van der Waals surface area contributed by atoms with E-state index in [1.54, 1.807) is 0 Å². The second kappa shape index (κ2) is 4.56. The first-order valence-corrected chi connectivity index (χ1v) is 5.11. The Labute approximate surface area is 80.4 Å². The number of rotatable bonds is 3. The molecule has 0 saturated heterocycles. The van der Waals surface area contributed by atoms with Gasteiger partial charge in [0.2, 0.25) is 0 Å². The van der Waals surface area contributed by atoms with Gasteiger partial charge in [-0.25, -0.2) is 0 Å². The molecule has 12 heavy (non-hydrogen) atoms. The summed E-state index contributed by atoms with van der Waals surface area (Å²) in [4.78, 5) is 0. The van der Waals surface area contributed by atoms with Crippen LogP contribution in [0.3, 0.4) is 0 Å². The van der Waals surface area contributed by atoms with E-state index >= 15 is 0 Å². The molecular formula is C11H16S. The summed E-state index contributed by atoms with van der Waals surface area (Å²) in [5, 5.41) is 0. The van der Waals surface area contributed by atoms with E-state index in [2.05, 4.69) is 50.7 Å². The molecular weight excluding hydrogens is 164 g/mol. The number of benzene rings is 1. The Hall–Kier alpha value is -0.430. The SMILES string of the molecule is CCC(C)c1ccccc1CS. The quantitative estimate of drug-likeness (QED) is 0.675. The van der Waals surface area contributed by atoms with Crippen LogP contribution in [0.2, 0.25) is 0 Å². The van der Waals surface area contributed by atoms with Crippen LogP contribution in [-0.2, 0) is 5.75 Å². The summed E-state index contributed by atoms with van der Waals surface area (Å²) in [5.74, 6) is 1.51. The standard InChI is InChI=1S/C11H16S/c1-3-9(2)11-7-5-4-6-10(11)8-12/h4-7,9,12H,3,8H2,1-2H3. The monoisotopic (exact) mass is 180 g/mol. The van der Waals surface area contributed by atoms with E-state index in [9.17, 15) is 0 Å². The Balaban J connectivity index is 2.96. The van der Waals surface area contributed by atoms with Gasteiger partial charge in [-0.1, -0.05) is 38.1 Å². The molecule has 0 spiro atoms. The van der Waals surface area contributed by atoms with Crippen LogP contribution in [0.1, 0.15) is 37.3 Å². The van der Waals surface area contributed by atoms with Crippen LogP contribution < -0.4 is 0 Å². The summed E-state index contributed by atoms with van der Waals surface area (Å²) < 4.78 is 0. The summed E-state index contributed by atoms with van der Waals surface area (Å²) in [6.45, 7) is 4.49. The largest absolute Gasteiger partial charge is 0.175 e. The van der Waals surface area contributed by atoms with E-state index in [1.165, 1.54) is 17.5 Å². The van der Waals surface area contributed by atoms with Gasteiger partial charge in [0, 0.05) is 5.75 Å². The molecule has 0 aliphatic carbocycles. The van der Waals surface area contributed by atoms with Gasteiger partial charge >= 0.3 is 0 Å². The molecule has 0 bridgehead atoms. The topological polar surface area (TPSA) is 0 Å². The maximum atomic E-state index is 4.31. The fourth-order valence-corrected chi connectivity index (χ4v) is 1.67. The third-order valence-electron chi connectivity index (χ3n) is 2.37. The molecule has 0 fully saturated rings. The van der Waals surface area contributed by atoms with Crippen molar-refractivity contribution < 1.29 is 0 Å². The van der Waals surface area contributed by atoms with E-state index in [-0.39, 0.29) is 0 Å². The predicted molar refractivity (Wildman–Crippen MR) is 57.8 cm³/mol. The smallest absolute Gasteiger partial charge is 0.0157 e. The first kappa shape index (κ1) is 9.66. The third-order valence-corrected chi connectivity index (χ3v) is 2.71. The minimum atomic E-state index is 0.661. The van der Waals surface area contributed by atoms with Crippen molar-refractivity contribution in [2.45, 2.75) is 31.9 Å². The van der Waals surface area contributed by atoms with E-state index in [1.807, 2.05) is 0 Å². The molecule has 0 radical (unpaired) electrons. The van der Waals surface area contributed by atoms with Crippen LogP contribution in [0.4, 0.5) is 0 Å². The molecule has 1 unspecified atom stereocenters. The highest BCUT2D eigenvalue weighted by Gasteiger charge is 2.05. The van der Waals surface area contributed by atoms with E-state index < -0.39 is 0 Å². The molecule has 0 aromatic heterocycles. The Morgan fingerprint density at radius 1 is 1.33 bits per heavy atom. The molecule has 0 nitrogen and oxygen atoms in total. The van der Waals surface area contributed by atoms with Gasteiger partial charge in [-0.3, -0.25) is 0 Å². The Kier molecular flexibility index (Phi) is 3.67. The first-order valence-electron chi connectivity index (χ1n) is 4.48. The molecule has 1 atom stereocenters. The summed E-state index contributed by atoms with van der Waals surface area (Å²) in [6, 6.07) is 8.56. The minimum absolute atomic E-state index is 0.661. The molecule has 0 aliphatic rings. The zero-order valence-electron chi connectivity index (χ0n) is 7.75. The second-order valence-electron chi connectivity index (χ2n) is 3.17. The van der Waals surface area contributed by atoms with Crippen molar-refractivity contribution in [1.82, 2.24) is 0 Å². The maximum absolute atomic E-state index is 4.31. The number of thiol groups is 1. The van der Waals surface area contributed by atoms with Crippen LogP contribution in [0.5, 0.6) is 0 Å². The lowest BCUT2D eigenvalue weighted by Gasteiger charge is -2.12. The van der Waals surface area contributed by atoms with Crippen molar-refractivity contribution in [2.75, 3.05) is 0 Å². The fourth-order valence-electron chi connectivity index (χ4n) is 1.38. The van der Waals surface area contributed by atoms with Gasteiger partial charge in [0.1, 0.15) is 0 Å². The van der Waals surface area contributed by atoms with E-state index in [0.29, 0.717) is 5.92 Å². The van der Waals surface area contributed by atoms with Gasteiger partial charge in [-0.15, -0.1) is 0 Å². The average molecular weight is 180 g/mol. The van der Waals surface area contributed by atoms with E-state index in [4.69, 9.17) is 0 Å². The molecule has 0 heterocycles. The molecule has 1 aromatic rings. The Morgan fingerprint density at radius 3 is 2.58 bits per heavy atom. The van der Waals surface area contributed by atoms with Crippen molar-refractivity contribution in [3.05, 3.63) is 35.4 Å². The highest BCUT2D eigenvalue weighted by molar-refractivity contribution is 7.79. The van der Waals surface area contributed by atoms with Crippen molar-refractivity contribution in [2.24, 2.45) is 0 Å². The van der Waals surface area contributed by atoms with Gasteiger partial charge in [0.25, 0.3) is 0 Å². The van der Waals surface area contributed by atoms with Crippen LogP contribution in [-0.4, -0.2) is 0 Å². The zero-order valence-corrected chi connectivity index (χ0v) is 8.64. The summed E-state index contributed by atoms with van der Waals surface area (Å²) >= 11 is 4.31. The highest BCUT2D eigenvalue weighted by Crippen LogP contribution is 2.23. The molecule has 1 rings (SSSR count). The normalized spacial score (nSPS) is 12.9. The van der Waals surface area contributed by atoms with Gasteiger partial charge < -0.3 is 0 Å². The predicted octanol–water partition coefficient (Wildman–Crippen LogP) is 3.63. The van der Waals surface area contributed by atoms with E-state index in [0.717, 1.165) is 5.75 Å². The maximum Gasteiger partial charge on any atom is 0.0157 e. The van der Waals surface area contributed by atoms with Crippen molar-refractivity contribution in [1.29, 1.82) is 0 Å². The molecule has 0 aliphatic heterocycles. The highest BCUT2D eigenvalue weighted by atomic mass is 32.1. The first-order chi connectivity index (χ1) is 5.79. The lowest BCUT2D eigenvalue weighted by Crippen LogP contribution is -1.95. The lowest BCUT2D eigenvalue weighted by atomic mass is 9.94. The Morgan fingerprint density at radius 2 is 2.00 bits per heavy atom. The summed E-state index contributed by atoms with van der Waals surface area (Å²) in [5.41, 5.74) is 2.82. The molecule has 0 amide bonds. The molecule has 1 heteroatoms. The van der Waals surface area contributed by atoms with Crippen LogP contribution in [0, 0.1) is 0 Å². The number of hydrogen-bond acceptors (Lipinski definition) is 1. The van der Waals surface area contributed by atoms with Gasteiger partial charge in [-0.05, 0) is 23.5 Å². The second-order valence-corrected chi connectivity index (χ2v) is 3.48. The molecule has 1 aromatic carbocycles. The van der Waals surface area contributed by atoms with Gasteiger partial charge in [-0.2, -0.15) is 12.6 Å². The van der Waals surface area contributed by atoms with Crippen LogP contribution >= 0.6 is 12.6 Å². The third kappa shape index (κ3) is 2.04. The van der Waals surface area contributed by atoms with Gasteiger partial charge in [0.15, 0.2) is 0 Å². The van der Waals surface area contributed by atoms with Gasteiger partial charge in [0.05, 0.1) is 0 Å². The summed E-state index contributed by atoms with van der Waals surface area (Å²) in [7, 11) is 0. The fraction of sp³-hybridized carbons (Fsp3) is 0.455. The van der Waals surface area contributed by atoms with Crippen LogP contribution in [0.15, 0.2) is 24.3 Å². The zero-order chi connectivity index (χ0) is 8.97. The van der Waals surface area contributed by atoms with Crippen LogP contribution in [0.25, 0.3) is 0 Å². The molecule has 0 N–H and O–H groups in total. The number of hydrogen-bond donors (Lipinski definition) is 1. The van der Waals surface area contributed by atoms with Crippen molar-refractivity contribution in [3.63, 3.8) is 0 Å². The Bertz CT molecular complexity index is 243. The lowest BCUT2D eigenvalue weighted by molar-refractivity contribution is 0.727. The molecule has 66 valence electrons. The van der Waals surface area contributed by atoms with Crippen molar-refractivity contribution in [3.8, 4) is 0 Å². The molecule has 0 saturated carbocycles. The summed E-state index contributed by atoms with van der Waals surface area (Å²) in [6.07, 6.45) is 1.20. The minimum Gasteiger partial charge on any atom is -0.175 e. The van der Waals surface area contributed by atoms with Crippen molar-refractivity contribution >= 4 is 12.6 Å².